The van der Waals surface area contributed by atoms with E-state index < -0.39 is 6.09 Å². The number of aromatic nitrogens is 2. The van der Waals surface area contributed by atoms with Crippen LogP contribution < -0.4 is 10.2 Å². The number of rotatable bonds is 8. The van der Waals surface area contributed by atoms with Gasteiger partial charge in [0.1, 0.15) is 5.82 Å². The molecule has 1 aromatic carbocycles. The summed E-state index contributed by atoms with van der Waals surface area (Å²) < 4.78 is 5.24. The van der Waals surface area contributed by atoms with Gasteiger partial charge in [-0.05, 0) is 45.2 Å². The molecule has 2 aromatic rings. The van der Waals surface area contributed by atoms with Gasteiger partial charge in [0, 0.05) is 19.0 Å². The molecule has 1 saturated carbocycles. The standard InChI is InChI=1S/C22H32N4O2/c1-4-7-13-28-22(27)25-19-14-17-18(15-20(19)26(5-2)6-3)24-21(23-17)16-11-9-8-10-12-16/h4,14-16H,1,5-13H2,2-3H3,(H,23,24)(H,25,27). The van der Waals surface area contributed by atoms with Crippen molar-refractivity contribution in [3.05, 3.63) is 30.6 Å². The van der Waals surface area contributed by atoms with Crippen LogP contribution in [0.5, 0.6) is 0 Å². The van der Waals surface area contributed by atoms with Crippen LogP contribution in [0.3, 0.4) is 0 Å². The number of benzene rings is 1. The predicted molar refractivity (Wildman–Crippen MR) is 115 cm³/mol. The number of amides is 1. The SMILES string of the molecule is C=CCCOC(=O)Nc1cc2[nH]c(C3CCCCC3)nc2cc1N(CC)CC. The number of anilines is 2. The molecule has 1 aromatic heterocycles. The van der Waals surface area contributed by atoms with E-state index in [-0.39, 0.29) is 0 Å². The molecule has 6 nitrogen and oxygen atoms in total. The summed E-state index contributed by atoms with van der Waals surface area (Å²) in [6.07, 6.45) is 8.20. The lowest BCUT2D eigenvalue weighted by molar-refractivity contribution is 0.164. The number of nitrogens with zero attached hydrogens (tertiary/aromatic N) is 2. The topological polar surface area (TPSA) is 70.2 Å². The van der Waals surface area contributed by atoms with Crippen molar-refractivity contribution in [2.24, 2.45) is 0 Å². The molecule has 1 heterocycles. The lowest BCUT2D eigenvalue weighted by Gasteiger charge is -2.24. The summed E-state index contributed by atoms with van der Waals surface area (Å²) in [7, 11) is 0. The number of carbonyl (C=O) groups excluding carboxylic acids is 1. The van der Waals surface area contributed by atoms with Crippen molar-refractivity contribution < 1.29 is 9.53 Å². The van der Waals surface area contributed by atoms with E-state index in [0.717, 1.165) is 41.3 Å². The number of H-pyrrole nitrogens is 1. The van der Waals surface area contributed by atoms with E-state index in [9.17, 15) is 4.79 Å². The number of imidazole rings is 1. The lowest BCUT2D eigenvalue weighted by Crippen LogP contribution is -2.24. The van der Waals surface area contributed by atoms with Gasteiger partial charge in [-0.25, -0.2) is 9.78 Å². The summed E-state index contributed by atoms with van der Waals surface area (Å²) in [6.45, 7) is 9.89. The molecule has 1 fully saturated rings. The minimum Gasteiger partial charge on any atom is -0.449 e. The Morgan fingerprint density at radius 2 is 2.07 bits per heavy atom. The summed E-state index contributed by atoms with van der Waals surface area (Å²) in [6, 6.07) is 4.06. The number of ether oxygens (including phenoxy) is 1. The summed E-state index contributed by atoms with van der Waals surface area (Å²) >= 11 is 0. The fourth-order valence-corrected chi connectivity index (χ4v) is 3.94. The molecule has 0 aliphatic heterocycles. The first-order valence-corrected chi connectivity index (χ1v) is 10.5. The number of carbonyl (C=O) groups is 1. The van der Waals surface area contributed by atoms with E-state index in [4.69, 9.17) is 9.72 Å². The minimum atomic E-state index is -0.443. The predicted octanol–water partition coefficient (Wildman–Crippen LogP) is 5.58. The second-order valence-electron chi connectivity index (χ2n) is 7.35. The average Bonchev–Trinajstić information content (AvgIpc) is 3.13. The van der Waals surface area contributed by atoms with Crippen LogP contribution >= 0.6 is 0 Å². The molecule has 0 unspecified atom stereocenters. The Morgan fingerprint density at radius 1 is 1.32 bits per heavy atom. The van der Waals surface area contributed by atoms with Crippen molar-refractivity contribution in [2.75, 3.05) is 29.9 Å². The Morgan fingerprint density at radius 3 is 2.75 bits per heavy atom. The van der Waals surface area contributed by atoms with E-state index in [1.54, 1.807) is 6.08 Å². The minimum absolute atomic E-state index is 0.327. The average molecular weight is 385 g/mol. The molecule has 152 valence electrons. The maximum atomic E-state index is 12.2. The first-order valence-electron chi connectivity index (χ1n) is 10.5. The zero-order valence-corrected chi connectivity index (χ0v) is 17.1. The maximum absolute atomic E-state index is 12.2. The fraction of sp³-hybridized carbons (Fsp3) is 0.545. The third-order valence-corrected chi connectivity index (χ3v) is 5.51. The molecule has 0 saturated heterocycles. The van der Waals surface area contributed by atoms with Crippen LogP contribution in [0, 0.1) is 0 Å². The molecule has 0 bridgehead atoms. The number of hydrogen-bond acceptors (Lipinski definition) is 4. The van der Waals surface area contributed by atoms with Crippen LogP contribution in [-0.2, 0) is 4.74 Å². The van der Waals surface area contributed by atoms with Gasteiger partial charge in [0.05, 0.1) is 29.0 Å². The molecule has 6 heteroatoms. The van der Waals surface area contributed by atoms with E-state index in [2.05, 4.69) is 41.7 Å². The normalized spacial score (nSPS) is 14.8. The first-order chi connectivity index (χ1) is 13.7. The van der Waals surface area contributed by atoms with E-state index in [0.29, 0.717) is 18.9 Å². The van der Waals surface area contributed by atoms with Crippen LogP contribution in [0.25, 0.3) is 11.0 Å². The van der Waals surface area contributed by atoms with Gasteiger partial charge in [-0.3, -0.25) is 5.32 Å². The van der Waals surface area contributed by atoms with Gasteiger partial charge in [-0.1, -0.05) is 25.3 Å². The molecule has 0 atom stereocenters. The second kappa shape index (κ2) is 9.62. The molecule has 1 aliphatic carbocycles. The first kappa shape index (κ1) is 20.2. The number of nitrogens with one attached hydrogen (secondary N) is 2. The van der Waals surface area contributed by atoms with Gasteiger partial charge in [0.15, 0.2) is 0 Å². The van der Waals surface area contributed by atoms with Gasteiger partial charge in [0.25, 0.3) is 0 Å². The summed E-state index contributed by atoms with van der Waals surface area (Å²) in [5.41, 5.74) is 3.63. The van der Waals surface area contributed by atoms with Crippen molar-refractivity contribution in [2.45, 2.75) is 58.3 Å². The van der Waals surface area contributed by atoms with Gasteiger partial charge < -0.3 is 14.6 Å². The fourth-order valence-electron chi connectivity index (χ4n) is 3.94. The molecular formula is C22H32N4O2. The summed E-state index contributed by atoms with van der Waals surface area (Å²) in [5.74, 6) is 1.59. The van der Waals surface area contributed by atoms with Crippen molar-refractivity contribution in [3.63, 3.8) is 0 Å². The van der Waals surface area contributed by atoms with Gasteiger partial charge >= 0.3 is 6.09 Å². The Hall–Kier alpha value is -2.50. The van der Waals surface area contributed by atoms with Crippen molar-refractivity contribution in [1.29, 1.82) is 0 Å². The molecule has 28 heavy (non-hydrogen) atoms. The highest BCUT2D eigenvalue weighted by Crippen LogP contribution is 2.35. The molecular weight excluding hydrogens is 352 g/mol. The molecule has 0 radical (unpaired) electrons. The number of hydrogen-bond donors (Lipinski definition) is 2. The smallest absolute Gasteiger partial charge is 0.411 e. The van der Waals surface area contributed by atoms with Crippen LogP contribution in [-0.4, -0.2) is 35.8 Å². The van der Waals surface area contributed by atoms with E-state index >= 15 is 0 Å². The van der Waals surface area contributed by atoms with Gasteiger partial charge in [0.2, 0.25) is 0 Å². The van der Waals surface area contributed by atoms with Gasteiger partial charge in [-0.2, -0.15) is 0 Å². The summed E-state index contributed by atoms with van der Waals surface area (Å²) in [4.78, 5) is 22.8. The Labute approximate surface area is 167 Å². The highest BCUT2D eigenvalue weighted by molar-refractivity contribution is 5.95. The zero-order chi connectivity index (χ0) is 19.9. The molecule has 1 aliphatic rings. The van der Waals surface area contributed by atoms with Crippen LogP contribution in [0.15, 0.2) is 24.8 Å². The lowest BCUT2D eigenvalue weighted by atomic mass is 9.89. The number of fused-ring (bicyclic) bond motifs is 1. The summed E-state index contributed by atoms with van der Waals surface area (Å²) in [5, 5.41) is 2.91. The Kier molecular flexibility index (Phi) is 6.95. The highest BCUT2D eigenvalue weighted by atomic mass is 16.5. The van der Waals surface area contributed by atoms with Crippen LogP contribution in [0.2, 0.25) is 0 Å². The molecule has 0 spiro atoms. The third kappa shape index (κ3) is 4.66. The quantitative estimate of drug-likeness (QED) is 0.460. The van der Waals surface area contributed by atoms with Crippen molar-refractivity contribution in [3.8, 4) is 0 Å². The van der Waals surface area contributed by atoms with Crippen LogP contribution in [0.4, 0.5) is 16.2 Å². The molecule has 2 N–H and O–H groups in total. The van der Waals surface area contributed by atoms with Gasteiger partial charge in [-0.15, -0.1) is 6.58 Å². The maximum Gasteiger partial charge on any atom is 0.411 e. The Bertz CT molecular complexity index is 804. The Balaban J connectivity index is 1.90. The van der Waals surface area contributed by atoms with E-state index in [1.807, 2.05) is 6.07 Å². The highest BCUT2D eigenvalue weighted by Gasteiger charge is 2.21. The van der Waals surface area contributed by atoms with Crippen LogP contribution in [0.1, 0.15) is 64.1 Å². The largest absolute Gasteiger partial charge is 0.449 e. The molecule has 3 rings (SSSR count). The number of aromatic amines is 1. The second-order valence-corrected chi connectivity index (χ2v) is 7.35. The van der Waals surface area contributed by atoms with Crippen molar-refractivity contribution >= 4 is 28.5 Å². The van der Waals surface area contributed by atoms with Crippen molar-refractivity contribution in [1.82, 2.24) is 9.97 Å². The van der Waals surface area contributed by atoms with E-state index in [1.165, 1.54) is 32.1 Å². The zero-order valence-electron chi connectivity index (χ0n) is 17.1. The third-order valence-electron chi connectivity index (χ3n) is 5.51. The molecule has 1 amide bonds. The monoisotopic (exact) mass is 384 g/mol.